The Morgan fingerprint density at radius 1 is 1.13 bits per heavy atom. The van der Waals surface area contributed by atoms with Gasteiger partial charge in [0.1, 0.15) is 12.7 Å². The molecule has 3 rings (SSSR count). The van der Waals surface area contributed by atoms with Crippen LogP contribution in [0.15, 0.2) is 36.9 Å². The molecule has 8 heteroatoms. The minimum atomic E-state index is -0.0346. The number of aromatic nitrogens is 3. The van der Waals surface area contributed by atoms with Gasteiger partial charge in [0.05, 0.1) is 11.7 Å². The van der Waals surface area contributed by atoms with Gasteiger partial charge in [-0.25, -0.2) is 14.5 Å². The first-order valence-electron chi connectivity index (χ1n) is 10.7. The fourth-order valence-electron chi connectivity index (χ4n) is 3.96. The molecule has 0 N–H and O–H groups in total. The highest BCUT2D eigenvalue weighted by molar-refractivity contribution is 5.80. The van der Waals surface area contributed by atoms with E-state index >= 15 is 0 Å². The van der Waals surface area contributed by atoms with Crippen LogP contribution in [0.2, 0.25) is 0 Å². The molecule has 3 amide bonds. The van der Waals surface area contributed by atoms with Crippen molar-refractivity contribution in [3.63, 3.8) is 0 Å². The maximum absolute atomic E-state index is 13.1. The molecule has 1 aliphatic heterocycles. The highest BCUT2D eigenvalue weighted by Crippen LogP contribution is 2.26. The van der Waals surface area contributed by atoms with E-state index in [-0.39, 0.29) is 23.9 Å². The van der Waals surface area contributed by atoms with Crippen LogP contribution in [-0.2, 0) is 4.79 Å². The van der Waals surface area contributed by atoms with Crippen molar-refractivity contribution >= 4 is 11.9 Å². The number of piperidine rings is 1. The summed E-state index contributed by atoms with van der Waals surface area (Å²) in [4.78, 5) is 35.1. The van der Waals surface area contributed by atoms with Crippen molar-refractivity contribution in [1.82, 2.24) is 29.5 Å². The summed E-state index contributed by atoms with van der Waals surface area (Å²) in [5.74, 6) is 0.116. The summed E-state index contributed by atoms with van der Waals surface area (Å²) in [6, 6.07) is 8.07. The van der Waals surface area contributed by atoms with Crippen molar-refractivity contribution in [1.29, 1.82) is 0 Å². The lowest BCUT2D eigenvalue weighted by molar-refractivity contribution is -0.137. The van der Waals surface area contributed by atoms with Gasteiger partial charge in [0.15, 0.2) is 0 Å². The first-order chi connectivity index (χ1) is 14.5. The predicted molar refractivity (Wildman–Crippen MR) is 115 cm³/mol. The molecule has 1 aromatic heterocycles. The largest absolute Gasteiger partial charge is 0.339 e. The van der Waals surface area contributed by atoms with Crippen LogP contribution < -0.4 is 0 Å². The second kappa shape index (κ2) is 9.73. The van der Waals surface area contributed by atoms with E-state index in [4.69, 9.17) is 0 Å². The Balaban J connectivity index is 1.57. The summed E-state index contributed by atoms with van der Waals surface area (Å²) in [6.45, 7) is 8.73. The molecule has 1 aliphatic rings. The standard InChI is InChI=1S/C22H32N6O2/c1-5-26(6-2)22(30)27-13-11-19(12-14-27)21(29)25(4)17(3)18-7-9-20(10-8-18)28-16-23-15-24-28/h7-10,15-17,19H,5-6,11-14H2,1-4H3. The van der Waals surface area contributed by atoms with Crippen LogP contribution in [0.1, 0.15) is 45.2 Å². The molecule has 2 aromatic rings. The highest BCUT2D eigenvalue weighted by Gasteiger charge is 2.31. The molecular formula is C22H32N6O2. The van der Waals surface area contributed by atoms with Gasteiger partial charge < -0.3 is 14.7 Å². The fourth-order valence-corrected chi connectivity index (χ4v) is 3.96. The maximum Gasteiger partial charge on any atom is 0.319 e. The molecule has 0 bridgehead atoms. The number of likely N-dealkylation sites (tertiary alicyclic amines) is 1. The van der Waals surface area contributed by atoms with Gasteiger partial charge in [0, 0.05) is 39.1 Å². The van der Waals surface area contributed by atoms with E-state index < -0.39 is 0 Å². The number of rotatable bonds is 6. The van der Waals surface area contributed by atoms with E-state index in [9.17, 15) is 9.59 Å². The monoisotopic (exact) mass is 412 g/mol. The van der Waals surface area contributed by atoms with Gasteiger partial charge >= 0.3 is 6.03 Å². The van der Waals surface area contributed by atoms with Crippen molar-refractivity contribution < 1.29 is 9.59 Å². The zero-order valence-corrected chi connectivity index (χ0v) is 18.4. The molecule has 0 radical (unpaired) electrons. The number of amides is 3. The van der Waals surface area contributed by atoms with Gasteiger partial charge in [-0.3, -0.25) is 4.79 Å². The first-order valence-corrected chi connectivity index (χ1v) is 10.7. The topological polar surface area (TPSA) is 74.6 Å². The number of carbonyl (C=O) groups is 2. The van der Waals surface area contributed by atoms with Crippen LogP contribution in [0, 0.1) is 5.92 Å². The third kappa shape index (κ3) is 4.63. The van der Waals surface area contributed by atoms with Gasteiger partial charge in [-0.15, -0.1) is 0 Å². The fraction of sp³-hybridized carbons (Fsp3) is 0.545. The quantitative estimate of drug-likeness (QED) is 0.731. The number of nitrogens with zero attached hydrogens (tertiary/aromatic N) is 6. The number of hydrogen-bond acceptors (Lipinski definition) is 4. The van der Waals surface area contributed by atoms with E-state index in [1.54, 1.807) is 11.0 Å². The van der Waals surface area contributed by atoms with E-state index in [2.05, 4.69) is 10.1 Å². The molecule has 162 valence electrons. The SMILES string of the molecule is CCN(CC)C(=O)N1CCC(C(=O)N(C)C(C)c2ccc(-n3cncn3)cc2)CC1. The van der Waals surface area contributed by atoms with Crippen molar-refractivity contribution in [3.05, 3.63) is 42.5 Å². The second-order valence-corrected chi connectivity index (χ2v) is 7.77. The highest BCUT2D eigenvalue weighted by atomic mass is 16.2. The molecule has 1 aromatic carbocycles. The molecule has 8 nitrogen and oxygen atoms in total. The number of carbonyl (C=O) groups excluding carboxylic acids is 2. The Hall–Kier alpha value is -2.90. The number of benzene rings is 1. The summed E-state index contributed by atoms with van der Waals surface area (Å²) >= 11 is 0. The summed E-state index contributed by atoms with van der Waals surface area (Å²) in [7, 11) is 1.87. The Morgan fingerprint density at radius 2 is 1.77 bits per heavy atom. The van der Waals surface area contributed by atoms with Crippen LogP contribution in [-0.4, -0.2) is 74.6 Å². The summed E-state index contributed by atoms with van der Waals surface area (Å²) in [5, 5.41) is 4.14. The lowest BCUT2D eigenvalue weighted by Crippen LogP contribution is -2.48. The van der Waals surface area contributed by atoms with E-state index in [1.165, 1.54) is 6.33 Å². The molecule has 1 fully saturated rings. The third-order valence-corrected chi connectivity index (χ3v) is 6.14. The Kier molecular flexibility index (Phi) is 7.07. The lowest BCUT2D eigenvalue weighted by Gasteiger charge is -2.37. The lowest BCUT2D eigenvalue weighted by atomic mass is 9.94. The van der Waals surface area contributed by atoms with Crippen LogP contribution in [0.25, 0.3) is 5.69 Å². The minimum absolute atomic E-state index is 0.0300. The van der Waals surface area contributed by atoms with Gasteiger partial charge in [-0.2, -0.15) is 5.10 Å². The number of urea groups is 1. The Labute approximate surface area is 178 Å². The average Bonchev–Trinajstić information content (AvgIpc) is 3.33. The van der Waals surface area contributed by atoms with Crippen LogP contribution in [0.3, 0.4) is 0 Å². The van der Waals surface area contributed by atoms with E-state index in [1.807, 2.05) is 66.8 Å². The first kappa shape index (κ1) is 21.8. The predicted octanol–water partition coefficient (Wildman–Crippen LogP) is 2.96. The van der Waals surface area contributed by atoms with Gasteiger partial charge in [0.25, 0.3) is 0 Å². The van der Waals surface area contributed by atoms with Gasteiger partial charge in [-0.05, 0) is 51.3 Å². The van der Waals surface area contributed by atoms with Crippen molar-refractivity contribution in [3.8, 4) is 5.69 Å². The summed E-state index contributed by atoms with van der Waals surface area (Å²) in [6.07, 6.45) is 4.59. The molecular weight excluding hydrogens is 380 g/mol. The molecule has 1 unspecified atom stereocenters. The molecule has 1 saturated heterocycles. The van der Waals surface area contributed by atoms with Crippen molar-refractivity contribution in [2.45, 2.75) is 39.7 Å². The minimum Gasteiger partial charge on any atom is -0.339 e. The van der Waals surface area contributed by atoms with E-state index in [0.29, 0.717) is 39.0 Å². The molecule has 30 heavy (non-hydrogen) atoms. The van der Waals surface area contributed by atoms with E-state index in [0.717, 1.165) is 11.3 Å². The average molecular weight is 413 g/mol. The van der Waals surface area contributed by atoms with Crippen molar-refractivity contribution in [2.75, 3.05) is 33.2 Å². The zero-order valence-electron chi connectivity index (χ0n) is 18.4. The zero-order chi connectivity index (χ0) is 21.7. The third-order valence-electron chi connectivity index (χ3n) is 6.14. The van der Waals surface area contributed by atoms with Crippen LogP contribution in [0.4, 0.5) is 4.79 Å². The molecule has 0 saturated carbocycles. The molecule has 0 spiro atoms. The Morgan fingerprint density at radius 3 is 2.30 bits per heavy atom. The number of hydrogen-bond donors (Lipinski definition) is 0. The smallest absolute Gasteiger partial charge is 0.319 e. The van der Waals surface area contributed by atoms with Crippen LogP contribution >= 0.6 is 0 Å². The molecule has 0 aliphatic carbocycles. The molecule has 1 atom stereocenters. The summed E-state index contributed by atoms with van der Waals surface area (Å²) < 4.78 is 1.70. The summed E-state index contributed by atoms with van der Waals surface area (Å²) in [5.41, 5.74) is 2.01. The maximum atomic E-state index is 13.1. The normalized spacial score (nSPS) is 15.7. The van der Waals surface area contributed by atoms with Crippen LogP contribution in [0.5, 0.6) is 0 Å². The Bertz CT molecular complexity index is 824. The van der Waals surface area contributed by atoms with Gasteiger partial charge in [0.2, 0.25) is 5.91 Å². The van der Waals surface area contributed by atoms with Crippen molar-refractivity contribution in [2.24, 2.45) is 5.92 Å². The second-order valence-electron chi connectivity index (χ2n) is 7.77. The van der Waals surface area contributed by atoms with Gasteiger partial charge in [-0.1, -0.05) is 12.1 Å². The molecule has 2 heterocycles.